The maximum absolute atomic E-state index is 14.3. The molecule has 7 nitrogen and oxygen atoms in total. The molecule has 9 heteroatoms. The van der Waals surface area contributed by atoms with Gasteiger partial charge in [0, 0.05) is 23.5 Å². The van der Waals surface area contributed by atoms with Gasteiger partial charge in [-0.2, -0.15) is 5.10 Å². The van der Waals surface area contributed by atoms with Crippen molar-refractivity contribution in [3.8, 4) is 5.69 Å². The molecule has 0 aliphatic carbocycles. The summed E-state index contributed by atoms with van der Waals surface area (Å²) in [7, 11) is 0. The van der Waals surface area contributed by atoms with Gasteiger partial charge in [0.1, 0.15) is 11.5 Å². The van der Waals surface area contributed by atoms with E-state index in [1.54, 1.807) is 56.4 Å². The fourth-order valence-corrected chi connectivity index (χ4v) is 3.57. The number of halogens is 2. The van der Waals surface area contributed by atoms with E-state index in [1.165, 1.54) is 10.7 Å². The molecule has 2 aromatic heterocycles. The molecule has 0 atom stereocenters. The van der Waals surface area contributed by atoms with E-state index in [0.29, 0.717) is 22.6 Å². The Morgan fingerprint density at radius 2 is 1.79 bits per heavy atom. The van der Waals surface area contributed by atoms with Crippen LogP contribution < -0.4 is 10.6 Å². The summed E-state index contributed by atoms with van der Waals surface area (Å²) in [6, 6.07) is 15.1. The number of carbonyl (C=O) groups is 2. The number of hydrogen-bond donors (Lipinski definition) is 2. The Hall–Kier alpha value is -4.40. The maximum Gasteiger partial charge on any atom is 0.259 e. The number of carbonyl (C=O) groups excluding carboxylic acids is 2. The summed E-state index contributed by atoms with van der Waals surface area (Å²) in [6.45, 7) is 3.52. The highest BCUT2D eigenvalue weighted by molar-refractivity contribution is 6.06. The summed E-state index contributed by atoms with van der Waals surface area (Å²) in [5, 5.41) is 9.80. The highest BCUT2D eigenvalue weighted by Gasteiger charge is 2.21. The van der Waals surface area contributed by atoms with Crippen molar-refractivity contribution < 1.29 is 18.4 Å². The standard InChI is InChI=1S/C25H21F2N5O2/c1-15-23(16(2)32(31-15)22-10-9-18(26)13-21(22)27)25(34)30-19-8-5-6-17(12-19)24(33)29-14-20-7-3-4-11-28-20/h3-13H,14H2,1-2H3,(H,29,33)(H,30,34). The monoisotopic (exact) mass is 461 g/mol. The molecule has 2 N–H and O–H groups in total. The van der Waals surface area contributed by atoms with E-state index in [1.807, 2.05) is 6.07 Å². The number of rotatable bonds is 6. The summed E-state index contributed by atoms with van der Waals surface area (Å²) < 4.78 is 28.8. The van der Waals surface area contributed by atoms with Crippen LogP contribution in [-0.2, 0) is 6.54 Å². The lowest BCUT2D eigenvalue weighted by Gasteiger charge is -2.09. The van der Waals surface area contributed by atoms with Gasteiger partial charge >= 0.3 is 0 Å². The lowest BCUT2D eigenvalue weighted by atomic mass is 10.1. The lowest BCUT2D eigenvalue weighted by molar-refractivity contribution is 0.0949. The third-order valence-corrected chi connectivity index (χ3v) is 5.20. The Kier molecular flexibility index (Phi) is 6.44. The van der Waals surface area contributed by atoms with Gasteiger partial charge < -0.3 is 10.6 Å². The van der Waals surface area contributed by atoms with E-state index >= 15 is 0 Å². The number of hydrogen-bond acceptors (Lipinski definition) is 4. The number of nitrogens with zero attached hydrogens (tertiary/aromatic N) is 3. The van der Waals surface area contributed by atoms with E-state index in [4.69, 9.17) is 0 Å². The molecule has 0 aliphatic heterocycles. The van der Waals surface area contributed by atoms with Gasteiger partial charge in [0.05, 0.1) is 29.2 Å². The Morgan fingerprint density at radius 3 is 2.53 bits per heavy atom. The second kappa shape index (κ2) is 9.62. The zero-order valence-electron chi connectivity index (χ0n) is 18.5. The second-order valence-electron chi connectivity index (χ2n) is 7.59. The summed E-state index contributed by atoms with van der Waals surface area (Å²) in [5.41, 5.74) is 2.57. The minimum absolute atomic E-state index is 0.0348. The molecule has 4 rings (SSSR count). The van der Waals surface area contributed by atoms with E-state index in [9.17, 15) is 18.4 Å². The largest absolute Gasteiger partial charge is 0.346 e. The molecule has 2 aromatic carbocycles. The quantitative estimate of drug-likeness (QED) is 0.447. The van der Waals surface area contributed by atoms with Crippen molar-refractivity contribution in [3.05, 3.63) is 107 Å². The van der Waals surface area contributed by atoms with Crippen LogP contribution in [0.15, 0.2) is 66.9 Å². The average molecular weight is 461 g/mol. The van der Waals surface area contributed by atoms with Gasteiger partial charge in [-0.1, -0.05) is 12.1 Å². The van der Waals surface area contributed by atoms with Crippen molar-refractivity contribution in [1.82, 2.24) is 20.1 Å². The van der Waals surface area contributed by atoms with Crippen molar-refractivity contribution >= 4 is 17.5 Å². The van der Waals surface area contributed by atoms with Crippen LogP contribution in [0.2, 0.25) is 0 Å². The predicted molar refractivity (Wildman–Crippen MR) is 123 cm³/mol. The zero-order chi connectivity index (χ0) is 24.2. The lowest BCUT2D eigenvalue weighted by Crippen LogP contribution is -2.23. The summed E-state index contributed by atoms with van der Waals surface area (Å²) >= 11 is 0. The molecule has 4 aromatic rings. The first-order valence-electron chi connectivity index (χ1n) is 10.4. The number of anilines is 1. The molecular weight excluding hydrogens is 440 g/mol. The van der Waals surface area contributed by atoms with Crippen LogP contribution in [0, 0.1) is 25.5 Å². The fourth-order valence-electron chi connectivity index (χ4n) is 3.57. The molecule has 0 aliphatic rings. The third kappa shape index (κ3) is 4.83. The van der Waals surface area contributed by atoms with Crippen LogP contribution in [0.4, 0.5) is 14.5 Å². The maximum atomic E-state index is 14.3. The zero-order valence-corrected chi connectivity index (χ0v) is 18.5. The first kappa shape index (κ1) is 22.8. The van der Waals surface area contributed by atoms with E-state index < -0.39 is 17.5 Å². The molecule has 2 amide bonds. The minimum Gasteiger partial charge on any atom is -0.346 e. The highest BCUT2D eigenvalue weighted by Crippen LogP contribution is 2.22. The van der Waals surface area contributed by atoms with Gasteiger partial charge in [-0.25, -0.2) is 13.5 Å². The molecule has 0 fully saturated rings. The Bertz CT molecular complexity index is 1370. The SMILES string of the molecule is Cc1nn(-c2ccc(F)cc2F)c(C)c1C(=O)Nc1cccc(C(=O)NCc2ccccn2)c1. The number of aromatic nitrogens is 3. The van der Waals surface area contributed by atoms with Crippen molar-refractivity contribution in [2.75, 3.05) is 5.32 Å². The average Bonchev–Trinajstić information content (AvgIpc) is 3.12. The number of amides is 2. The van der Waals surface area contributed by atoms with Crippen LogP contribution in [-0.4, -0.2) is 26.6 Å². The van der Waals surface area contributed by atoms with Crippen LogP contribution in [0.25, 0.3) is 5.69 Å². The summed E-state index contributed by atoms with van der Waals surface area (Å²) in [4.78, 5) is 29.7. The highest BCUT2D eigenvalue weighted by atomic mass is 19.1. The van der Waals surface area contributed by atoms with Gasteiger partial charge in [0.2, 0.25) is 0 Å². The third-order valence-electron chi connectivity index (χ3n) is 5.20. The van der Waals surface area contributed by atoms with Crippen molar-refractivity contribution in [2.45, 2.75) is 20.4 Å². The second-order valence-corrected chi connectivity index (χ2v) is 7.59. The first-order chi connectivity index (χ1) is 16.3. The van der Waals surface area contributed by atoms with Gasteiger partial charge in [0.15, 0.2) is 5.82 Å². The molecule has 0 spiro atoms. The molecule has 34 heavy (non-hydrogen) atoms. The van der Waals surface area contributed by atoms with Gasteiger partial charge in [-0.05, 0) is 56.3 Å². The van der Waals surface area contributed by atoms with E-state index in [-0.39, 0.29) is 23.7 Å². The predicted octanol–water partition coefficient (Wildman–Crippen LogP) is 4.34. The van der Waals surface area contributed by atoms with Gasteiger partial charge in [-0.3, -0.25) is 14.6 Å². The van der Waals surface area contributed by atoms with Crippen LogP contribution in [0.1, 0.15) is 37.8 Å². The molecule has 0 bridgehead atoms. The number of nitrogens with one attached hydrogen (secondary N) is 2. The van der Waals surface area contributed by atoms with Crippen LogP contribution in [0.5, 0.6) is 0 Å². The number of benzene rings is 2. The van der Waals surface area contributed by atoms with E-state index in [2.05, 4.69) is 20.7 Å². The fraction of sp³-hybridized carbons (Fsp3) is 0.120. The van der Waals surface area contributed by atoms with Crippen LogP contribution >= 0.6 is 0 Å². The molecule has 0 unspecified atom stereocenters. The molecule has 0 radical (unpaired) electrons. The molecular formula is C25H21F2N5O2. The minimum atomic E-state index is -0.790. The van der Waals surface area contributed by atoms with Gasteiger partial charge in [-0.15, -0.1) is 0 Å². The van der Waals surface area contributed by atoms with Crippen molar-refractivity contribution in [1.29, 1.82) is 0 Å². The van der Waals surface area contributed by atoms with Crippen LogP contribution in [0.3, 0.4) is 0 Å². The summed E-state index contributed by atoms with van der Waals surface area (Å²) in [5.74, 6) is -2.27. The Balaban J connectivity index is 1.51. The molecule has 0 saturated heterocycles. The number of pyridine rings is 1. The van der Waals surface area contributed by atoms with Crippen molar-refractivity contribution in [2.24, 2.45) is 0 Å². The first-order valence-corrected chi connectivity index (χ1v) is 10.4. The number of aryl methyl sites for hydroxylation is 1. The smallest absolute Gasteiger partial charge is 0.259 e. The molecule has 2 heterocycles. The van der Waals surface area contributed by atoms with Gasteiger partial charge in [0.25, 0.3) is 11.8 Å². The van der Waals surface area contributed by atoms with E-state index in [0.717, 1.165) is 17.8 Å². The topological polar surface area (TPSA) is 88.9 Å². The van der Waals surface area contributed by atoms with Crippen molar-refractivity contribution in [3.63, 3.8) is 0 Å². The Morgan fingerprint density at radius 1 is 0.971 bits per heavy atom. The molecule has 0 saturated carbocycles. The molecule has 172 valence electrons. The Labute approximate surface area is 194 Å². The summed E-state index contributed by atoms with van der Waals surface area (Å²) in [6.07, 6.45) is 1.65. The normalized spacial score (nSPS) is 10.7.